The zero-order chi connectivity index (χ0) is 14.5. The fourth-order valence-corrected chi connectivity index (χ4v) is 2.54. The molecule has 0 bridgehead atoms. The van der Waals surface area contributed by atoms with Gasteiger partial charge in [0.05, 0.1) is 21.5 Å². The van der Waals surface area contributed by atoms with Gasteiger partial charge in [-0.15, -0.1) is 11.3 Å². The van der Waals surface area contributed by atoms with Crippen molar-refractivity contribution in [3.8, 4) is 11.8 Å². The fraction of sp³-hybridized carbons (Fsp3) is 0.0769. The number of carbonyl (C=O) groups is 1. The SMILES string of the molecule is N#Cc1ccc(OCc2ccc(C(=O)NN)s2)c(Cl)c1. The Kier molecular flexibility index (Phi) is 4.58. The lowest BCUT2D eigenvalue weighted by atomic mass is 10.2. The van der Waals surface area contributed by atoms with Crippen LogP contribution >= 0.6 is 22.9 Å². The predicted molar refractivity (Wildman–Crippen MR) is 76.5 cm³/mol. The molecule has 2 aromatic rings. The zero-order valence-corrected chi connectivity index (χ0v) is 11.8. The molecule has 0 atom stereocenters. The Morgan fingerprint density at radius 2 is 2.25 bits per heavy atom. The van der Waals surface area contributed by atoms with E-state index in [0.29, 0.717) is 21.2 Å². The number of rotatable bonds is 4. The number of benzene rings is 1. The molecule has 7 heteroatoms. The molecule has 0 radical (unpaired) electrons. The highest BCUT2D eigenvalue weighted by molar-refractivity contribution is 7.14. The summed E-state index contributed by atoms with van der Waals surface area (Å²) in [5.74, 6) is 5.21. The molecule has 0 saturated heterocycles. The van der Waals surface area contributed by atoms with Crippen LogP contribution in [0.1, 0.15) is 20.1 Å². The summed E-state index contributed by atoms with van der Waals surface area (Å²) in [7, 11) is 0. The van der Waals surface area contributed by atoms with Crippen molar-refractivity contribution < 1.29 is 9.53 Å². The van der Waals surface area contributed by atoms with Crippen LogP contribution in [0.4, 0.5) is 0 Å². The second-order valence-corrected chi connectivity index (χ2v) is 5.36. The van der Waals surface area contributed by atoms with Crippen LogP contribution in [0.2, 0.25) is 5.02 Å². The van der Waals surface area contributed by atoms with Gasteiger partial charge >= 0.3 is 0 Å². The largest absolute Gasteiger partial charge is 0.487 e. The summed E-state index contributed by atoms with van der Waals surface area (Å²) in [5.41, 5.74) is 2.54. The number of nitrogen functional groups attached to an aromatic ring is 1. The minimum atomic E-state index is -0.336. The fourth-order valence-electron chi connectivity index (χ4n) is 1.48. The molecule has 1 aromatic carbocycles. The van der Waals surface area contributed by atoms with Crippen LogP contribution in [0.3, 0.4) is 0 Å². The van der Waals surface area contributed by atoms with Crippen LogP contribution in [0, 0.1) is 11.3 Å². The Bertz CT molecular complexity index is 678. The first-order valence-corrected chi connectivity index (χ1v) is 6.75. The van der Waals surface area contributed by atoms with Crippen molar-refractivity contribution >= 4 is 28.8 Å². The summed E-state index contributed by atoms with van der Waals surface area (Å²) < 4.78 is 5.56. The number of nitrogens with two attached hydrogens (primary N) is 1. The lowest BCUT2D eigenvalue weighted by Gasteiger charge is -2.06. The van der Waals surface area contributed by atoms with Crippen LogP contribution < -0.4 is 16.0 Å². The highest BCUT2D eigenvalue weighted by Gasteiger charge is 2.09. The summed E-state index contributed by atoms with van der Waals surface area (Å²) in [6, 6.07) is 10.3. The molecule has 3 N–H and O–H groups in total. The van der Waals surface area contributed by atoms with E-state index in [4.69, 9.17) is 27.4 Å². The number of hydrazine groups is 1. The van der Waals surface area contributed by atoms with Gasteiger partial charge in [-0.25, -0.2) is 5.84 Å². The van der Waals surface area contributed by atoms with Crippen molar-refractivity contribution in [2.75, 3.05) is 0 Å². The maximum atomic E-state index is 11.3. The molecule has 1 aromatic heterocycles. The van der Waals surface area contributed by atoms with E-state index in [1.165, 1.54) is 11.3 Å². The molecule has 5 nitrogen and oxygen atoms in total. The second-order valence-electron chi connectivity index (χ2n) is 3.79. The average Bonchev–Trinajstić information content (AvgIpc) is 2.94. The van der Waals surface area contributed by atoms with Gasteiger partial charge in [0, 0.05) is 4.88 Å². The molecule has 1 heterocycles. The highest BCUT2D eigenvalue weighted by atomic mass is 35.5. The first kappa shape index (κ1) is 14.3. The standard InChI is InChI=1S/C13H10ClN3O2S/c14-10-5-8(6-15)1-3-11(10)19-7-9-2-4-12(20-9)13(18)17-16/h1-5H,7,16H2,(H,17,18). The molecule has 0 unspecified atom stereocenters. The van der Waals surface area contributed by atoms with Crippen LogP contribution in [-0.2, 0) is 6.61 Å². The van der Waals surface area contributed by atoms with Gasteiger partial charge in [0.15, 0.2) is 0 Å². The number of carbonyl (C=O) groups excluding carboxylic acids is 1. The average molecular weight is 308 g/mol. The Hall–Kier alpha value is -2.07. The molecule has 0 aliphatic heterocycles. The number of hydrogen-bond donors (Lipinski definition) is 2. The Morgan fingerprint density at radius 3 is 2.90 bits per heavy atom. The molecule has 0 spiro atoms. The van der Waals surface area contributed by atoms with E-state index in [9.17, 15) is 4.79 Å². The van der Waals surface area contributed by atoms with Crippen LogP contribution in [0.15, 0.2) is 30.3 Å². The zero-order valence-electron chi connectivity index (χ0n) is 10.2. The quantitative estimate of drug-likeness (QED) is 0.516. The van der Waals surface area contributed by atoms with E-state index in [2.05, 4.69) is 5.43 Å². The first-order chi connectivity index (χ1) is 9.63. The van der Waals surface area contributed by atoms with Gasteiger partial charge in [-0.05, 0) is 30.3 Å². The predicted octanol–water partition coefficient (Wildman–Crippen LogP) is 2.46. The van der Waals surface area contributed by atoms with Crippen molar-refractivity contribution in [3.05, 3.63) is 50.7 Å². The van der Waals surface area contributed by atoms with E-state index in [-0.39, 0.29) is 12.5 Å². The number of amides is 1. The number of nitrogens with zero attached hydrogens (tertiary/aromatic N) is 1. The van der Waals surface area contributed by atoms with E-state index in [1.54, 1.807) is 30.3 Å². The summed E-state index contributed by atoms with van der Waals surface area (Å²) >= 11 is 7.28. The number of halogens is 1. The molecule has 20 heavy (non-hydrogen) atoms. The van der Waals surface area contributed by atoms with Gasteiger partial charge in [0.2, 0.25) is 0 Å². The Labute approximate surface area is 124 Å². The van der Waals surface area contributed by atoms with Crippen molar-refractivity contribution in [1.82, 2.24) is 5.43 Å². The van der Waals surface area contributed by atoms with Gasteiger partial charge < -0.3 is 4.74 Å². The molecule has 1 amide bonds. The molecule has 0 aliphatic rings. The van der Waals surface area contributed by atoms with Crippen molar-refractivity contribution in [2.45, 2.75) is 6.61 Å². The lowest BCUT2D eigenvalue weighted by Crippen LogP contribution is -2.29. The van der Waals surface area contributed by atoms with Crippen molar-refractivity contribution in [3.63, 3.8) is 0 Å². The minimum Gasteiger partial charge on any atom is -0.487 e. The normalized spacial score (nSPS) is 9.85. The minimum absolute atomic E-state index is 0.286. The number of nitrogens with one attached hydrogen (secondary N) is 1. The number of ether oxygens (including phenoxy) is 1. The van der Waals surface area contributed by atoms with E-state index >= 15 is 0 Å². The maximum Gasteiger partial charge on any atom is 0.275 e. The second kappa shape index (κ2) is 6.39. The third kappa shape index (κ3) is 3.27. The third-order valence-electron chi connectivity index (χ3n) is 2.45. The lowest BCUT2D eigenvalue weighted by molar-refractivity contribution is 0.0957. The molecular weight excluding hydrogens is 298 g/mol. The van der Waals surface area contributed by atoms with E-state index in [0.717, 1.165) is 4.88 Å². The molecule has 102 valence electrons. The summed E-state index contributed by atoms with van der Waals surface area (Å²) in [6.07, 6.45) is 0. The van der Waals surface area contributed by atoms with E-state index in [1.807, 2.05) is 6.07 Å². The monoisotopic (exact) mass is 307 g/mol. The van der Waals surface area contributed by atoms with Gasteiger partial charge in [-0.2, -0.15) is 5.26 Å². The highest BCUT2D eigenvalue weighted by Crippen LogP contribution is 2.27. The Morgan fingerprint density at radius 1 is 1.45 bits per heavy atom. The smallest absolute Gasteiger partial charge is 0.275 e. The van der Waals surface area contributed by atoms with Gasteiger partial charge in [0.25, 0.3) is 5.91 Å². The van der Waals surface area contributed by atoms with Crippen LogP contribution in [0.5, 0.6) is 5.75 Å². The van der Waals surface area contributed by atoms with Crippen LogP contribution in [-0.4, -0.2) is 5.91 Å². The van der Waals surface area contributed by atoms with E-state index < -0.39 is 0 Å². The molecule has 0 saturated carbocycles. The van der Waals surface area contributed by atoms with Crippen molar-refractivity contribution in [2.24, 2.45) is 5.84 Å². The summed E-state index contributed by atoms with van der Waals surface area (Å²) in [5, 5.41) is 9.12. The molecule has 2 rings (SSSR count). The third-order valence-corrected chi connectivity index (χ3v) is 3.80. The number of nitriles is 1. The molecule has 0 fully saturated rings. The molecular formula is C13H10ClN3O2S. The first-order valence-electron chi connectivity index (χ1n) is 5.56. The van der Waals surface area contributed by atoms with Crippen LogP contribution in [0.25, 0.3) is 0 Å². The van der Waals surface area contributed by atoms with Gasteiger partial charge in [-0.3, -0.25) is 10.2 Å². The summed E-state index contributed by atoms with van der Waals surface area (Å²) in [4.78, 5) is 12.7. The number of thiophene rings is 1. The summed E-state index contributed by atoms with van der Waals surface area (Å²) in [6.45, 7) is 0.286. The van der Waals surface area contributed by atoms with Gasteiger partial charge in [0.1, 0.15) is 12.4 Å². The van der Waals surface area contributed by atoms with Crippen molar-refractivity contribution in [1.29, 1.82) is 5.26 Å². The maximum absolute atomic E-state index is 11.3. The Balaban J connectivity index is 2.04. The van der Waals surface area contributed by atoms with Gasteiger partial charge in [-0.1, -0.05) is 11.6 Å². The molecule has 0 aliphatic carbocycles. The topological polar surface area (TPSA) is 88.1 Å². The number of hydrogen-bond acceptors (Lipinski definition) is 5.